The van der Waals surface area contributed by atoms with Crippen LogP contribution in [0.4, 0.5) is 16.5 Å². The van der Waals surface area contributed by atoms with Crippen molar-refractivity contribution in [3.63, 3.8) is 0 Å². The highest BCUT2D eigenvalue weighted by molar-refractivity contribution is 8.01. The number of benzene rings is 1. The number of thioether (sulfide) groups is 1. The number of carbonyl (C=O) groups is 1. The molecule has 1 N–H and O–H groups in total. The molecule has 2 aromatic rings. The highest BCUT2D eigenvalue weighted by Gasteiger charge is 2.22. The lowest BCUT2D eigenvalue weighted by molar-refractivity contribution is -0.384. The molecule has 0 unspecified atom stereocenters. The van der Waals surface area contributed by atoms with Crippen LogP contribution in [-0.4, -0.2) is 63.9 Å². The fraction of sp³-hybridized carbons (Fsp3) is 0.550. The Hall–Kier alpha value is -2.40. The molecule has 166 valence electrons. The van der Waals surface area contributed by atoms with Crippen molar-refractivity contribution in [1.82, 2.24) is 15.1 Å². The van der Waals surface area contributed by atoms with Crippen LogP contribution in [0, 0.1) is 10.1 Å². The number of nitro groups is 1. The van der Waals surface area contributed by atoms with E-state index < -0.39 is 4.92 Å². The number of anilines is 2. The van der Waals surface area contributed by atoms with Crippen LogP contribution < -0.4 is 10.2 Å². The first-order valence-electron chi connectivity index (χ1n) is 10.6. The summed E-state index contributed by atoms with van der Waals surface area (Å²) < 4.78 is 0.816. The van der Waals surface area contributed by atoms with Gasteiger partial charge in [0.15, 0.2) is 4.34 Å². The molecule has 1 saturated carbocycles. The molecule has 9 nitrogen and oxygen atoms in total. The van der Waals surface area contributed by atoms with E-state index in [1.54, 1.807) is 12.1 Å². The van der Waals surface area contributed by atoms with E-state index >= 15 is 0 Å². The molecule has 11 heteroatoms. The summed E-state index contributed by atoms with van der Waals surface area (Å²) in [5.74, 6) is 0.459. The van der Waals surface area contributed by atoms with Crippen LogP contribution in [0.3, 0.4) is 0 Å². The maximum Gasteiger partial charge on any atom is 0.269 e. The number of nitrogens with one attached hydrogen (secondary N) is 1. The van der Waals surface area contributed by atoms with Gasteiger partial charge in [-0.1, -0.05) is 42.4 Å². The molecule has 0 radical (unpaired) electrons. The number of piperazine rings is 1. The van der Waals surface area contributed by atoms with Crippen LogP contribution in [0.25, 0.3) is 0 Å². The number of carbonyl (C=O) groups excluding carboxylic acids is 1. The molecule has 0 bridgehead atoms. The van der Waals surface area contributed by atoms with Gasteiger partial charge in [0, 0.05) is 50.0 Å². The second-order valence-corrected chi connectivity index (χ2v) is 9.98. The third-order valence-corrected chi connectivity index (χ3v) is 7.69. The molecule has 0 spiro atoms. The Morgan fingerprint density at radius 3 is 2.52 bits per heavy atom. The summed E-state index contributed by atoms with van der Waals surface area (Å²) in [5, 5.41) is 23.6. The predicted molar refractivity (Wildman–Crippen MR) is 123 cm³/mol. The largest absolute Gasteiger partial charge is 0.368 e. The SMILES string of the molecule is O=C(CSc1nnc(NC2CCCCC2)s1)N1CCN(c2ccc([N+](=O)[O-])cc2)CC1. The van der Waals surface area contributed by atoms with E-state index in [1.165, 1.54) is 67.3 Å². The Bertz CT molecular complexity index is 893. The Morgan fingerprint density at radius 1 is 1.13 bits per heavy atom. The van der Waals surface area contributed by atoms with Gasteiger partial charge in [0.25, 0.3) is 5.69 Å². The fourth-order valence-electron chi connectivity index (χ4n) is 3.96. The third kappa shape index (κ3) is 5.85. The summed E-state index contributed by atoms with van der Waals surface area (Å²) in [7, 11) is 0. The molecule has 1 aliphatic heterocycles. The first-order chi connectivity index (χ1) is 15.1. The second-order valence-electron chi connectivity index (χ2n) is 7.78. The van der Waals surface area contributed by atoms with E-state index in [9.17, 15) is 14.9 Å². The minimum Gasteiger partial charge on any atom is -0.368 e. The monoisotopic (exact) mass is 462 g/mol. The minimum absolute atomic E-state index is 0.0864. The van der Waals surface area contributed by atoms with Crippen LogP contribution >= 0.6 is 23.1 Å². The van der Waals surface area contributed by atoms with Crippen molar-refractivity contribution >= 4 is 45.5 Å². The molecule has 2 aliphatic rings. The molecule has 4 rings (SSSR count). The van der Waals surface area contributed by atoms with E-state index in [0.717, 1.165) is 15.2 Å². The quantitative estimate of drug-likeness (QED) is 0.378. The van der Waals surface area contributed by atoms with Crippen molar-refractivity contribution in [2.75, 3.05) is 42.1 Å². The van der Waals surface area contributed by atoms with Gasteiger partial charge in [0.1, 0.15) is 0 Å². The maximum absolute atomic E-state index is 12.6. The van der Waals surface area contributed by atoms with Gasteiger partial charge >= 0.3 is 0 Å². The summed E-state index contributed by atoms with van der Waals surface area (Å²) in [6.45, 7) is 2.70. The topological polar surface area (TPSA) is 104 Å². The Labute approximate surface area is 189 Å². The lowest BCUT2D eigenvalue weighted by Crippen LogP contribution is -2.49. The van der Waals surface area contributed by atoms with Crippen LogP contribution in [0.1, 0.15) is 32.1 Å². The average Bonchev–Trinajstić information content (AvgIpc) is 3.25. The highest BCUT2D eigenvalue weighted by atomic mass is 32.2. The van der Waals surface area contributed by atoms with Gasteiger partial charge in [-0.15, -0.1) is 10.2 Å². The van der Waals surface area contributed by atoms with Crippen LogP contribution in [-0.2, 0) is 4.79 Å². The predicted octanol–water partition coefficient (Wildman–Crippen LogP) is 3.63. The molecule has 2 heterocycles. The Kier molecular flexibility index (Phi) is 7.23. The van der Waals surface area contributed by atoms with Gasteiger partial charge in [-0.25, -0.2) is 0 Å². The number of hydrogen-bond acceptors (Lipinski definition) is 9. The molecule has 1 aromatic carbocycles. The van der Waals surface area contributed by atoms with Gasteiger partial charge in [0.2, 0.25) is 11.0 Å². The Balaban J connectivity index is 1.21. The lowest BCUT2D eigenvalue weighted by atomic mass is 9.96. The smallest absolute Gasteiger partial charge is 0.269 e. The number of rotatable bonds is 7. The van der Waals surface area contributed by atoms with Crippen molar-refractivity contribution in [2.24, 2.45) is 0 Å². The first-order valence-corrected chi connectivity index (χ1v) is 12.4. The minimum atomic E-state index is -0.398. The van der Waals surface area contributed by atoms with E-state index in [2.05, 4.69) is 20.4 Å². The molecule has 31 heavy (non-hydrogen) atoms. The molecule has 1 saturated heterocycles. The molecule has 1 aliphatic carbocycles. The average molecular weight is 463 g/mol. The van der Waals surface area contributed by atoms with Gasteiger partial charge in [0.05, 0.1) is 10.7 Å². The lowest BCUT2D eigenvalue weighted by Gasteiger charge is -2.36. The molecule has 1 aromatic heterocycles. The van der Waals surface area contributed by atoms with Crippen molar-refractivity contribution in [3.05, 3.63) is 34.4 Å². The summed E-state index contributed by atoms with van der Waals surface area (Å²) in [5.41, 5.74) is 1.03. The highest BCUT2D eigenvalue weighted by Crippen LogP contribution is 2.29. The second kappa shape index (κ2) is 10.3. The van der Waals surface area contributed by atoms with Crippen LogP contribution in [0.15, 0.2) is 28.6 Å². The molecule has 1 amide bonds. The number of hydrogen-bond donors (Lipinski definition) is 1. The van der Waals surface area contributed by atoms with Crippen LogP contribution in [0.5, 0.6) is 0 Å². The number of aromatic nitrogens is 2. The normalized spacial score (nSPS) is 17.5. The Morgan fingerprint density at radius 2 is 1.84 bits per heavy atom. The molecular weight excluding hydrogens is 436 g/mol. The van der Waals surface area contributed by atoms with Gasteiger partial charge in [-0.05, 0) is 25.0 Å². The summed E-state index contributed by atoms with van der Waals surface area (Å²) >= 11 is 2.96. The zero-order valence-corrected chi connectivity index (χ0v) is 18.9. The zero-order valence-electron chi connectivity index (χ0n) is 17.2. The summed E-state index contributed by atoms with van der Waals surface area (Å²) in [6.07, 6.45) is 6.23. The van der Waals surface area contributed by atoms with E-state index in [4.69, 9.17) is 0 Å². The van der Waals surface area contributed by atoms with Crippen molar-refractivity contribution in [1.29, 1.82) is 0 Å². The van der Waals surface area contributed by atoms with Crippen LogP contribution in [0.2, 0.25) is 0 Å². The molecule has 0 atom stereocenters. The van der Waals surface area contributed by atoms with Crippen molar-refractivity contribution in [3.8, 4) is 0 Å². The van der Waals surface area contributed by atoms with E-state index in [0.29, 0.717) is 38.0 Å². The van der Waals surface area contributed by atoms with E-state index in [1.807, 2.05) is 4.90 Å². The number of nitro benzene ring substituents is 1. The number of non-ortho nitro benzene ring substituents is 1. The van der Waals surface area contributed by atoms with Gasteiger partial charge in [-0.3, -0.25) is 14.9 Å². The third-order valence-electron chi connectivity index (χ3n) is 5.72. The van der Waals surface area contributed by atoms with Crippen molar-refractivity contribution < 1.29 is 9.72 Å². The standard InChI is InChI=1S/C20H26N6O3S2/c27-18(14-30-20-23-22-19(31-20)21-15-4-2-1-3-5-15)25-12-10-24(11-13-25)16-6-8-17(9-7-16)26(28)29/h6-9,15H,1-5,10-14H2,(H,21,22). The molecule has 2 fully saturated rings. The van der Waals surface area contributed by atoms with E-state index in [-0.39, 0.29) is 11.6 Å². The fourth-order valence-corrected chi connectivity index (χ4v) is 5.69. The van der Waals surface area contributed by atoms with Gasteiger partial charge < -0.3 is 15.1 Å². The maximum atomic E-state index is 12.6. The zero-order chi connectivity index (χ0) is 21.6. The summed E-state index contributed by atoms with van der Waals surface area (Å²) in [4.78, 5) is 27.0. The number of amides is 1. The van der Waals surface area contributed by atoms with Gasteiger partial charge in [-0.2, -0.15) is 0 Å². The summed E-state index contributed by atoms with van der Waals surface area (Å²) in [6, 6.07) is 7.05. The first kappa shape index (κ1) is 21.8. The number of nitrogens with zero attached hydrogens (tertiary/aromatic N) is 5. The van der Waals surface area contributed by atoms with Crippen molar-refractivity contribution in [2.45, 2.75) is 42.5 Å². The molecular formula is C20H26N6O3S2.